The Morgan fingerprint density at radius 2 is 1.65 bits per heavy atom. The van der Waals surface area contributed by atoms with Crippen molar-refractivity contribution in [2.75, 3.05) is 13.1 Å². The number of primary amides is 1. The number of ether oxygens (including phenoxy) is 1. The number of amides is 2. The van der Waals surface area contributed by atoms with Gasteiger partial charge in [-0.3, -0.25) is 9.59 Å². The molecule has 1 atom stereocenters. The van der Waals surface area contributed by atoms with Crippen molar-refractivity contribution in [1.82, 2.24) is 4.90 Å². The van der Waals surface area contributed by atoms with Gasteiger partial charge < -0.3 is 20.5 Å². The van der Waals surface area contributed by atoms with Crippen molar-refractivity contribution < 1.29 is 24.2 Å². The fourth-order valence-electron chi connectivity index (χ4n) is 3.24. The lowest BCUT2D eigenvalue weighted by Gasteiger charge is -2.24. The number of rotatable bonds is 4. The molecule has 26 heavy (non-hydrogen) atoms. The van der Waals surface area contributed by atoms with Crippen LogP contribution in [0.25, 0.3) is 0 Å². The Hall–Kier alpha value is -1.79. The van der Waals surface area contributed by atoms with Crippen LogP contribution in [-0.2, 0) is 14.3 Å². The third kappa shape index (κ3) is 10.3. The molecule has 7 heteroatoms. The summed E-state index contributed by atoms with van der Waals surface area (Å²) in [6, 6.07) is 0. The number of carbonyl (C=O) groups excluding carboxylic acids is 2. The van der Waals surface area contributed by atoms with E-state index < -0.39 is 11.6 Å². The minimum atomic E-state index is -0.809. The predicted octanol–water partition coefficient (Wildman–Crippen LogP) is 3.41. The van der Waals surface area contributed by atoms with Crippen molar-refractivity contribution in [2.24, 2.45) is 17.6 Å². The highest BCUT2D eigenvalue weighted by atomic mass is 16.6. The highest BCUT2D eigenvalue weighted by molar-refractivity contribution is 5.74. The molecule has 2 aliphatic rings. The molecule has 0 radical (unpaired) electrons. The summed E-state index contributed by atoms with van der Waals surface area (Å²) < 4.78 is 5.21. The zero-order valence-corrected chi connectivity index (χ0v) is 15.6. The number of hydrogen-bond acceptors (Lipinski definition) is 4. The molecule has 0 spiro atoms. The van der Waals surface area contributed by atoms with Gasteiger partial charge >= 0.3 is 12.1 Å². The van der Waals surface area contributed by atoms with Crippen molar-refractivity contribution >= 4 is 18.0 Å². The van der Waals surface area contributed by atoms with Gasteiger partial charge in [-0.1, -0.05) is 20.3 Å². The van der Waals surface area contributed by atoms with E-state index in [-0.39, 0.29) is 31.8 Å². The van der Waals surface area contributed by atoms with Crippen molar-refractivity contribution in [1.29, 1.82) is 0 Å². The van der Waals surface area contributed by atoms with Crippen LogP contribution < -0.4 is 5.73 Å². The van der Waals surface area contributed by atoms with Crippen LogP contribution in [0.1, 0.15) is 73.1 Å². The summed E-state index contributed by atoms with van der Waals surface area (Å²) in [5.74, 6) is -0.273. The predicted molar refractivity (Wildman–Crippen MR) is 101 cm³/mol. The summed E-state index contributed by atoms with van der Waals surface area (Å²) in [4.78, 5) is 34.1. The van der Waals surface area contributed by atoms with Gasteiger partial charge in [-0.25, -0.2) is 4.79 Å². The van der Waals surface area contributed by atoms with E-state index in [0.717, 1.165) is 6.42 Å². The maximum atomic E-state index is 11.6. The van der Waals surface area contributed by atoms with Crippen LogP contribution in [0, 0.1) is 11.8 Å². The van der Waals surface area contributed by atoms with Crippen molar-refractivity contribution in [3.8, 4) is 0 Å². The van der Waals surface area contributed by atoms with E-state index in [9.17, 15) is 14.4 Å². The molecule has 7 nitrogen and oxygen atoms in total. The summed E-state index contributed by atoms with van der Waals surface area (Å²) in [6.45, 7) is 6.52. The maximum absolute atomic E-state index is 11.6. The van der Waals surface area contributed by atoms with Crippen LogP contribution in [0.2, 0.25) is 0 Å². The normalized spacial score (nSPS) is 20.0. The van der Waals surface area contributed by atoms with Gasteiger partial charge in [0.25, 0.3) is 0 Å². The van der Waals surface area contributed by atoms with Crippen LogP contribution in [0.15, 0.2) is 0 Å². The summed E-state index contributed by atoms with van der Waals surface area (Å²) in [5, 5.41) is 8.65. The smallest absolute Gasteiger partial charge is 0.410 e. The lowest BCUT2D eigenvalue weighted by molar-refractivity contribution is -0.138. The molecule has 0 aromatic rings. The highest BCUT2D eigenvalue weighted by Gasteiger charge is 2.30. The number of carboxylic acids is 1. The molecule has 1 saturated carbocycles. The van der Waals surface area contributed by atoms with Crippen LogP contribution >= 0.6 is 0 Å². The first-order chi connectivity index (χ1) is 11.6. The molecule has 1 aliphatic heterocycles. The monoisotopic (exact) mass is 372 g/mol. The van der Waals surface area contributed by atoms with Crippen LogP contribution in [0.3, 0.4) is 0 Å². The zero-order valence-electron chi connectivity index (χ0n) is 15.6. The largest absolute Gasteiger partial charge is 0.481 e. The Morgan fingerprint density at radius 3 is 2.12 bits per heavy atom. The Kier molecular flexibility index (Phi) is 10.3. The molecule has 2 amide bonds. The molecular weight excluding hydrogens is 336 g/mol. The van der Waals surface area contributed by atoms with Gasteiger partial charge in [0.1, 0.15) is 5.60 Å². The first-order valence-corrected chi connectivity index (χ1v) is 9.05. The van der Waals surface area contributed by atoms with Crippen molar-refractivity contribution in [3.05, 3.63) is 0 Å². The quantitative estimate of drug-likeness (QED) is 0.786. The Bertz CT molecular complexity index is 467. The maximum Gasteiger partial charge on any atom is 0.410 e. The molecular formula is C19H36N2O5. The molecule has 0 bridgehead atoms. The second kappa shape index (κ2) is 11.0. The van der Waals surface area contributed by atoms with Crippen LogP contribution in [-0.4, -0.2) is 46.7 Å². The summed E-state index contributed by atoms with van der Waals surface area (Å²) in [6.07, 6.45) is 6.13. The van der Waals surface area contributed by atoms with Gasteiger partial charge in [0.15, 0.2) is 0 Å². The van der Waals surface area contributed by atoms with E-state index in [1.54, 1.807) is 4.90 Å². The van der Waals surface area contributed by atoms with E-state index in [1.165, 1.54) is 25.7 Å². The number of nitrogens with two attached hydrogens (primary N) is 1. The third-order valence-corrected chi connectivity index (χ3v) is 4.37. The molecule has 1 unspecified atom stereocenters. The number of carboxylic acid groups (broad SMARTS) is 1. The molecule has 3 N–H and O–H groups in total. The standard InChI is InChI=1S/C11H19NO4.C7H13NO.CH4/c1-11(2,3)16-10(15)12-5-4-8(7-12)6-9(13)14;8-7(9)5-6-3-1-2-4-6;/h8H,4-7H2,1-3H3,(H,13,14);6H,1-5H2,(H2,8,9);1H4. The molecule has 1 heterocycles. The number of aliphatic carboxylic acids is 1. The van der Waals surface area contributed by atoms with Crippen LogP contribution in [0.4, 0.5) is 4.79 Å². The number of likely N-dealkylation sites (tertiary alicyclic amines) is 1. The van der Waals surface area contributed by atoms with Gasteiger partial charge in [-0.2, -0.15) is 0 Å². The van der Waals surface area contributed by atoms with Gasteiger partial charge in [0.05, 0.1) is 0 Å². The minimum absolute atomic E-state index is 0. The van der Waals surface area contributed by atoms with Gasteiger partial charge in [-0.15, -0.1) is 0 Å². The van der Waals surface area contributed by atoms with Crippen molar-refractivity contribution in [3.63, 3.8) is 0 Å². The molecule has 2 rings (SSSR count). The summed E-state index contributed by atoms with van der Waals surface area (Å²) >= 11 is 0. The van der Waals surface area contributed by atoms with Gasteiger partial charge in [0.2, 0.25) is 5.91 Å². The number of carbonyl (C=O) groups is 3. The van der Waals surface area contributed by atoms with E-state index in [0.29, 0.717) is 25.4 Å². The highest BCUT2D eigenvalue weighted by Crippen LogP contribution is 2.26. The van der Waals surface area contributed by atoms with E-state index >= 15 is 0 Å². The fraction of sp³-hybridized carbons (Fsp3) is 0.842. The lowest BCUT2D eigenvalue weighted by atomic mass is 10.0. The van der Waals surface area contributed by atoms with E-state index in [2.05, 4.69) is 0 Å². The van der Waals surface area contributed by atoms with Gasteiger partial charge in [0, 0.05) is 25.9 Å². The van der Waals surface area contributed by atoms with Crippen LogP contribution in [0.5, 0.6) is 0 Å². The average Bonchev–Trinajstić information content (AvgIpc) is 3.07. The van der Waals surface area contributed by atoms with E-state index in [1.807, 2.05) is 20.8 Å². The van der Waals surface area contributed by atoms with Gasteiger partial charge in [-0.05, 0) is 51.9 Å². The molecule has 1 saturated heterocycles. The third-order valence-electron chi connectivity index (χ3n) is 4.37. The first kappa shape index (κ1) is 24.2. The topological polar surface area (TPSA) is 110 Å². The Labute approximate surface area is 157 Å². The second-order valence-corrected chi connectivity index (χ2v) is 8.00. The molecule has 0 aromatic heterocycles. The van der Waals surface area contributed by atoms with E-state index in [4.69, 9.17) is 15.6 Å². The Balaban J connectivity index is 0.000000532. The molecule has 152 valence electrons. The average molecular weight is 373 g/mol. The van der Waals surface area contributed by atoms with Crippen molar-refractivity contribution in [2.45, 2.75) is 78.7 Å². The molecule has 2 fully saturated rings. The summed E-state index contributed by atoms with van der Waals surface area (Å²) in [5.41, 5.74) is 4.54. The first-order valence-electron chi connectivity index (χ1n) is 9.05. The molecule has 1 aliphatic carbocycles. The second-order valence-electron chi connectivity index (χ2n) is 8.00. The minimum Gasteiger partial charge on any atom is -0.481 e. The number of hydrogen-bond donors (Lipinski definition) is 2. The fourth-order valence-corrected chi connectivity index (χ4v) is 3.24. The zero-order chi connectivity index (χ0) is 19.0. The molecule has 0 aromatic carbocycles. The Morgan fingerprint density at radius 1 is 1.08 bits per heavy atom. The lowest BCUT2D eigenvalue weighted by Crippen LogP contribution is -2.35. The SMILES string of the molecule is C.CC(C)(C)OC(=O)N1CCC(CC(=O)O)C1.NC(=O)CC1CCCC1. The summed E-state index contributed by atoms with van der Waals surface area (Å²) in [7, 11) is 0. The number of nitrogens with zero attached hydrogens (tertiary/aromatic N) is 1.